The Labute approximate surface area is 93.4 Å². The number of H-pyrrole nitrogens is 1. The number of nitrogens with zero attached hydrogens (tertiary/aromatic N) is 1. The largest absolute Gasteiger partial charge is 0.325 e. The maximum Gasteiger partial charge on any atom is 0.252 e. The molecule has 16 heavy (non-hydrogen) atoms. The van der Waals surface area contributed by atoms with Gasteiger partial charge < -0.3 is 5.32 Å². The molecule has 0 saturated carbocycles. The SMILES string of the molecule is Cc1ccc(C)c(Nc2nccc(=O)[nH]2)c1. The lowest BCUT2D eigenvalue weighted by Gasteiger charge is -2.08. The highest BCUT2D eigenvalue weighted by molar-refractivity contribution is 5.59. The van der Waals surface area contributed by atoms with Crippen LogP contribution in [0, 0.1) is 13.8 Å². The van der Waals surface area contributed by atoms with Crippen LogP contribution in [-0.4, -0.2) is 9.97 Å². The first kappa shape index (κ1) is 10.4. The van der Waals surface area contributed by atoms with Crippen molar-refractivity contribution in [3.05, 3.63) is 51.9 Å². The molecular formula is C12H13N3O. The third kappa shape index (κ3) is 2.28. The van der Waals surface area contributed by atoms with Crippen molar-refractivity contribution >= 4 is 11.6 Å². The van der Waals surface area contributed by atoms with Crippen LogP contribution in [0.15, 0.2) is 35.3 Å². The van der Waals surface area contributed by atoms with Crippen LogP contribution in [0.3, 0.4) is 0 Å². The molecule has 4 nitrogen and oxygen atoms in total. The molecule has 0 aliphatic heterocycles. The lowest BCUT2D eigenvalue weighted by Crippen LogP contribution is -2.08. The van der Waals surface area contributed by atoms with Crippen LogP contribution in [0.4, 0.5) is 11.6 Å². The number of aryl methyl sites for hydroxylation is 2. The van der Waals surface area contributed by atoms with E-state index in [1.54, 1.807) is 0 Å². The Bertz CT molecular complexity index is 560. The van der Waals surface area contributed by atoms with E-state index in [9.17, 15) is 4.79 Å². The monoisotopic (exact) mass is 215 g/mol. The van der Waals surface area contributed by atoms with E-state index in [0.29, 0.717) is 5.95 Å². The van der Waals surface area contributed by atoms with Crippen molar-refractivity contribution < 1.29 is 0 Å². The van der Waals surface area contributed by atoms with Crippen LogP contribution in [0.25, 0.3) is 0 Å². The molecule has 1 heterocycles. The zero-order valence-corrected chi connectivity index (χ0v) is 9.24. The lowest BCUT2D eigenvalue weighted by molar-refractivity contribution is 1.12. The Morgan fingerprint density at radius 1 is 1.25 bits per heavy atom. The topological polar surface area (TPSA) is 57.8 Å². The van der Waals surface area contributed by atoms with Crippen LogP contribution >= 0.6 is 0 Å². The van der Waals surface area contributed by atoms with Gasteiger partial charge in [-0.3, -0.25) is 9.78 Å². The van der Waals surface area contributed by atoms with Crippen LogP contribution in [-0.2, 0) is 0 Å². The summed E-state index contributed by atoms with van der Waals surface area (Å²) in [4.78, 5) is 17.8. The Morgan fingerprint density at radius 2 is 2.06 bits per heavy atom. The van der Waals surface area contributed by atoms with Gasteiger partial charge in [-0.05, 0) is 31.0 Å². The van der Waals surface area contributed by atoms with Gasteiger partial charge in [0.1, 0.15) is 0 Å². The van der Waals surface area contributed by atoms with Crippen molar-refractivity contribution in [2.24, 2.45) is 0 Å². The number of aromatic nitrogens is 2. The van der Waals surface area contributed by atoms with Gasteiger partial charge in [-0.1, -0.05) is 12.1 Å². The summed E-state index contributed by atoms with van der Waals surface area (Å²) < 4.78 is 0. The molecule has 4 heteroatoms. The number of hydrogen-bond acceptors (Lipinski definition) is 3. The summed E-state index contributed by atoms with van der Waals surface area (Å²) in [6.07, 6.45) is 1.48. The highest BCUT2D eigenvalue weighted by atomic mass is 16.1. The fourth-order valence-electron chi connectivity index (χ4n) is 1.43. The molecule has 0 spiro atoms. The number of hydrogen-bond donors (Lipinski definition) is 2. The van der Waals surface area contributed by atoms with Gasteiger partial charge in [0, 0.05) is 18.0 Å². The third-order valence-electron chi connectivity index (χ3n) is 2.32. The van der Waals surface area contributed by atoms with E-state index < -0.39 is 0 Å². The summed E-state index contributed by atoms with van der Waals surface area (Å²) in [5.74, 6) is 0.459. The second-order valence-corrected chi connectivity index (χ2v) is 3.73. The first-order valence-corrected chi connectivity index (χ1v) is 5.05. The molecule has 0 aliphatic carbocycles. The van der Waals surface area contributed by atoms with Gasteiger partial charge in [0.05, 0.1) is 0 Å². The summed E-state index contributed by atoms with van der Waals surface area (Å²) in [5, 5.41) is 3.09. The average Bonchev–Trinajstić information content (AvgIpc) is 2.24. The molecule has 2 rings (SSSR count). The number of nitrogens with one attached hydrogen (secondary N) is 2. The molecule has 0 fully saturated rings. The minimum Gasteiger partial charge on any atom is -0.325 e. The molecule has 1 aromatic carbocycles. The molecule has 0 unspecified atom stereocenters. The van der Waals surface area contributed by atoms with Gasteiger partial charge in [-0.2, -0.15) is 0 Å². The third-order valence-corrected chi connectivity index (χ3v) is 2.32. The molecule has 0 saturated heterocycles. The summed E-state index contributed by atoms with van der Waals surface area (Å²) in [7, 11) is 0. The molecule has 0 bridgehead atoms. The Morgan fingerprint density at radius 3 is 2.81 bits per heavy atom. The fourth-order valence-corrected chi connectivity index (χ4v) is 1.43. The maximum absolute atomic E-state index is 11.1. The van der Waals surface area contributed by atoms with E-state index in [4.69, 9.17) is 0 Å². The summed E-state index contributed by atoms with van der Waals surface area (Å²) in [5.41, 5.74) is 3.06. The number of aromatic amines is 1. The minimum absolute atomic E-state index is 0.164. The van der Waals surface area contributed by atoms with Crippen molar-refractivity contribution in [3.8, 4) is 0 Å². The van der Waals surface area contributed by atoms with Crippen molar-refractivity contribution in [1.29, 1.82) is 0 Å². The van der Waals surface area contributed by atoms with Gasteiger partial charge in [-0.15, -0.1) is 0 Å². The van der Waals surface area contributed by atoms with E-state index in [2.05, 4.69) is 15.3 Å². The standard InChI is InChI=1S/C12H13N3O/c1-8-3-4-9(2)10(7-8)14-12-13-6-5-11(16)15-12/h3-7H,1-2H3,(H2,13,14,15,16). The molecule has 82 valence electrons. The predicted molar refractivity (Wildman–Crippen MR) is 64.1 cm³/mol. The lowest BCUT2D eigenvalue weighted by atomic mass is 10.1. The minimum atomic E-state index is -0.164. The number of rotatable bonds is 2. The number of anilines is 2. The van der Waals surface area contributed by atoms with Crippen molar-refractivity contribution in [3.63, 3.8) is 0 Å². The Hall–Kier alpha value is -2.10. The first-order chi connectivity index (χ1) is 7.65. The van der Waals surface area contributed by atoms with E-state index in [1.165, 1.54) is 12.3 Å². The quantitative estimate of drug-likeness (QED) is 0.806. The second-order valence-electron chi connectivity index (χ2n) is 3.73. The zero-order valence-electron chi connectivity index (χ0n) is 9.24. The molecule has 0 radical (unpaired) electrons. The average molecular weight is 215 g/mol. The van der Waals surface area contributed by atoms with Crippen molar-refractivity contribution in [2.45, 2.75) is 13.8 Å². The van der Waals surface area contributed by atoms with Crippen LogP contribution < -0.4 is 10.9 Å². The molecular weight excluding hydrogens is 202 g/mol. The van der Waals surface area contributed by atoms with E-state index in [-0.39, 0.29) is 5.56 Å². The van der Waals surface area contributed by atoms with Gasteiger partial charge in [0.25, 0.3) is 5.56 Å². The van der Waals surface area contributed by atoms with E-state index in [0.717, 1.165) is 16.8 Å². The molecule has 1 aromatic heterocycles. The molecule has 0 aliphatic rings. The molecule has 0 atom stereocenters. The highest BCUT2D eigenvalue weighted by Crippen LogP contribution is 2.18. The molecule has 0 amide bonds. The van der Waals surface area contributed by atoms with E-state index in [1.807, 2.05) is 32.0 Å². The Balaban J connectivity index is 2.33. The van der Waals surface area contributed by atoms with Gasteiger partial charge in [0.15, 0.2) is 0 Å². The van der Waals surface area contributed by atoms with Crippen LogP contribution in [0.2, 0.25) is 0 Å². The van der Waals surface area contributed by atoms with Gasteiger partial charge >= 0.3 is 0 Å². The van der Waals surface area contributed by atoms with Crippen molar-refractivity contribution in [1.82, 2.24) is 9.97 Å². The molecule has 2 N–H and O–H groups in total. The Kier molecular flexibility index (Phi) is 2.72. The summed E-state index contributed by atoms with van der Waals surface area (Å²) in [6, 6.07) is 7.47. The van der Waals surface area contributed by atoms with Crippen LogP contribution in [0.5, 0.6) is 0 Å². The van der Waals surface area contributed by atoms with E-state index >= 15 is 0 Å². The first-order valence-electron chi connectivity index (χ1n) is 5.05. The molecule has 2 aromatic rings. The smallest absolute Gasteiger partial charge is 0.252 e. The summed E-state index contributed by atoms with van der Waals surface area (Å²) in [6.45, 7) is 4.02. The number of benzene rings is 1. The predicted octanol–water partition coefficient (Wildman–Crippen LogP) is 2.13. The van der Waals surface area contributed by atoms with Gasteiger partial charge in [0.2, 0.25) is 5.95 Å². The summed E-state index contributed by atoms with van der Waals surface area (Å²) >= 11 is 0. The van der Waals surface area contributed by atoms with Crippen molar-refractivity contribution in [2.75, 3.05) is 5.32 Å². The second kappa shape index (κ2) is 4.18. The fraction of sp³-hybridized carbons (Fsp3) is 0.167. The zero-order chi connectivity index (χ0) is 11.5. The van der Waals surface area contributed by atoms with Gasteiger partial charge in [-0.25, -0.2) is 4.98 Å². The van der Waals surface area contributed by atoms with Crippen LogP contribution in [0.1, 0.15) is 11.1 Å². The normalized spacial score (nSPS) is 10.1. The maximum atomic E-state index is 11.1. The highest BCUT2D eigenvalue weighted by Gasteiger charge is 2.00.